The summed E-state index contributed by atoms with van der Waals surface area (Å²) in [5.41, 5.74) is 0. The lowest BCUT2D eigenvalue weighted by atomic mass is 9.97. The summed E-state index contributed by atoms with van der Waals surface area (Å²) in [5, 5.41) is 3.27. The third-order valence-corrected chi connectivity index (χ3v) is 3.70. The van der Waals surface area contributed by atoms with E-state index in [4.69, 9.17) is 0 Å². The number of rotatable bonds is 4. The average Bonchev–Trinajstić information content (AvgIpc) is 2.39. The van der Waals surface area contributed by atoms with Crippen LogP contribution in [0.25, 0.3) is 0 Å². The molecule has 1 aliphatic rings. The molecule has 1 aromatic heterocycles. The van der Waals surface area contributed by atoms with E-state index in [1.165, 1.54) is 12.8 Å². The minimum atomic E-state index is 0.803. The Bertz CT molecular complexity index is 410. The summed E-state index contributed by atoms with van der Waals surface area (Å²) in [4.78, 5) is 13.5. The molecule has 1 aliphatic heterocycles. The van der Waals surface area contributed by atoms with E-state index in [2.05, 4.69) is 26.3 Å². The van der Waals surface area contributed by atoms with Crippen LogP contribution in [-0.4, -0.2) is 50.7 Å². The van der Waals surface area contributed by atoms with Crippen molar-refractivity contribution in [3.8, 4) is 0 Å². The molecule has 0 spiro atoms. The second-order valence-corrected chi connectivity index (χ2v) is 5.51. The van der Waals surface area contributed by atoms with Crippen molar-refractivity contribution in [2.45, 2.75) is 19.8 Å². The van der Waals surface area contributed by atoms with Gasteiger partial charge in [0, 0.05) is 33.3 Å². The third kappa shape index (κ3) is 3.56. The van der Waals surface area contributed by atoms with Gasteiger partial charge < -0.3 is 15.1 Å². The summed E-state index contributed by atoms with van der Waals surface area (Å²) in [5.74, 6) is 3.70. The fourth-order valence-electron chi connectivity index (χ4n) is 2.58. The van der Waals surface area contributed by atoms with E-state index in [-0.39, 0.29) is 0 Å². The van der Waals surface area contributed by atoms with Gasteiger partial charge in [-0.15, -0.1) is 0 Å². The lowest BCUT2D eigenvalue weighted by Crippen LogP contribution is -2.37. The van der Waals surface area contributed by atoms with Gasteiger partial charge in [-0.2, -0.15) is 0 Å². The van der Waals surface area contributed by atoms with Crippen LogP contribution in [0.4, 0.5) is 11.6 Å². The molecule has 5 nitrogen and oxygen atoms in total. The Morgan fingerprint density at radius 2 is 2.00 bits per heavy atom. The van der Waals surface area contributed by atoms with Gasteiger partial charge in [0.05, 0.1) is 0 Å². The van der Waals surface area contributed by atoms with Gasteiger partial charge in [0.15, 0.2) is 0 Å². The maximum atomic E-state index is 4.58. The van der Waals surface area contributed by atoms with Crippen molar-refractivity contribution in [2.24, 2.45) is 5.92 Å². The molecule has 0 aliphatic carbocycles. The molecule has 106 valence electrons. The highest BCUT2D eigenvalue weighted by Gasteiger charge is 2.20. The Hall–Kier alpha value is -1.36. The van der Waals surface area contributed by atoms with Crippen LogP contribution in [-0.2, 0) is 0 Å². The lowest BCUT2D eigenvalue weighted by Gasteiger charge is -2.33. The second-order valence-electron chi connectivity index (χ2n) is 5.51. The number of aryl methyl sites for hydroxylation is 1. The maximum absolute atomic E-state index is 4.58. The molecule has 1 fully saturated rings. The SMILES string of the molecule is CNCC1CCN(c2cc(N(C)C)nc(C)n2)CC1. The van der Waals surface area contributed by atoms with Crippen molar-refractivity contribution in [2.75, 3.05) is 50.6 Å². The Morgan fingerprint density at radius 3 is 2.58 bits per heavy atom. The van der Waals surface area contributed by atoms with Crippen molar-refractivity contribution < 1.29 is 0 Å². The van der Waals surface area contributed by atoms with Crippen LogP contribution in [0.1, 0.15) is 18.7 Å². The topological polar surface area (TPSA) is 44.3 Å². The first-order chi connectivity index (χ1) is 9.10. The van der Waals surface area contributed by atoms with Crippen LogP contribution in [0.5, 0.6) is 0 Å². The van der Waals surface area contributed by atoms with E-state index in [1.54, 1.807) is 0 Å². The predicted octanol–water partition coefficient (Wildman–Crippen LogP) is 1.29. The first-order valence-electron chi connectivity index (χ1n) is 7.02. The van der Waals surface area contributed by atoms with Crippen molar-refractivity contribution in [3.05, 3.63) is 11.9 Å². The van der Waals surface area contributed by atoms with Crippen LogP contribution >= 0.6 is 0 Å². The highest BCUT2D eigenvalue weighted by atomic mass is 15.2. The molecule has 19 heavy (non-hydrogen) atoms. The standard InChI is InChI=1S/C14H25N5/c1-11-16-13(18(3)4)9-14(17-11)19-7-5-12(6-8-19)10-15-2/h9,12,15H,5-8,10H2,1-4H3. The van der Waals surface area contributed by atoms with Gasteiger partial charge in [-0.25, -0.2) is 9.97 Å². The van der Waals surface area contributed by atoms with Crippen LogP contribution in [0, 0.1) is 12.8 Å². The van der Waals surface area contributed by atoms with E-state index < -0.39 is 0 Å². The van der Waals surface area contributed by atoms with Gasteiger partial charge in [0.2, 0.25) is 0 Å². The van der Waals surface area contributed by atoms with Gasteiger partial charge in [-0.1, -0.05) is 0 Å². The van der Waals surface area contributed by atoms with Crippen LogP contribution in [0.2, 0.25) is 0 Å². The summed E-state index contributed by atoms with van der Waals surface area (Å²) in [7, 11) is 6.07. The molecule has 0 radical (unpaired) electrons. The molecule has 1 saturated heterocycles. The molecule has 1 N–H and O–H groups in total. The molecule has 0 saturated carbocycles. The van der Waals surface area contributed by atoms with E-state index in [0.717, 1.165) is 43.0 Å². The van der Waals surface area contributed by atoms with Gasteiger partial charge in [0.25, 0.3) is 0 Å². The minimum Gasteiger partial charge on any atom is -0.363 e. The number of aromatic nitrogens is 2. The summed E-state index contributed by atoms with van der Waals surface area (Å²) < 4.78 is 0. The van der Waals surface area contributed by atoms with Crippen molar-refractivity contribution >= 4 is 11.6 Å². The summed E-state index contributed by atoms with van der Waals surface area (Å²) >= 11 is 0. The summed E-state index contributed by atoms with van der Waals surface area (Å²) in [6.07, 6.45) is 2.47. The lowest BCUT2D eigenvalue weighted by molar-refractivity contribution is 0.392. The molecule has 5 heteroatoms. The van der Waals surface area contributed by atoms with E-state index in [0.29, 0.717) is 0 Å². The molecular formula is C14H25N5. The zero-order valence-corrected chi connectivity index (χ0v) is 12.5. The quantitative estimate of drug-likeness (QED) is 0.887. The normalized spacial score (nSPS) is 16.7. The Morgan fingerprint density at radius 1 is 1.32 bits per heavy atom. The Kier molecular flexibility index (Phi) is 4.58. The summed E-state index contributed by atoms with van der Waals surface area (Å²) in [6, 6.07) is 2.09. The molecule has 2 heterocycles. The van der Waals surface area contributed by atoms with Crippen LogP contribution < -0.4 is 15.1 Å². The highest BCUT2D eigenvalue weighted by molar-refractivity contribution is 5.50. The number of nitrogens with one attached hydrogen (secondary N) is 1. The molecule has 0 amide bonds. The molecular weight excluding hydrogens is 238 g/mol. The van der Waals surface area contributed by atoms with Crippen molar-refractivity contribution in [1.82, 2.24) is 15.3 Å². The first-order valence-corrected chi connectivity index (χ1v) is 7.02. The number of hydrogen-bond donors (Lipinski definition) is 1. The van der Waals surface area contributed by atoms with E-state index in [9.17, 15) is 0 Å². The van der Waals surface area contributed by atoms with Gasteiger partial charge in [0.1, 0.15) is 17.5 Å². The zero-order chi connectivity index (χ0) is 13.8. The number of anilines is 2. The van der Waals surface area contributed by atoms with E-state index in [1.807, 2.05) is 33.0 Å². The fourth-order valence-corrected chi connectivity index (χ4v) is 2.58. The molecule has 1 aromatic rings. The van der Waals surface area contributed by atoms with Gasteiger partial charge in [-0.3, -0.25) is 0 Å². The van der Waals surface area contributed by atoms with Crippen LogP contribution in [0.15, 0.2) is 6.07 Å². The average molecular weight is 263 g/mol. The third-order valence-electron chi connectivity index (χ3n) is 3.70. The highest BCUT2D eigenvalue weighted by Crippen LogP contribution is 2.23. The van der Waals surface area contributed by atoms with Crippen molar-refractivity contribution in [1.29, 1.82) is 0 Å². The smallest absolute Gasteiger partial charge is 0.134 e. The first kappa shape index (κ1) is 14.1. The zero-order valence-electron chi connectivity index (χ0n) is 12.5. The van der Waals surface area contributed by atoms with Crippen LogP contribution in [0.3, 0.4) is 0 Å². The molecule has 0 atom stereocenters. The predicted molar refractivity (Wildman–Crippen MR) is 80.0 cm³/mol. The molecule has 2 rings (SSSR count). The fraction of sp³-hybridized carbons (Fsp3) is 0.714. The Balaban J connectivity index is 2.06. The van der Waals surface area contributed by atoms with E-state index >= 15 is 0 Å². The van der Waals surface area contributed by atoms with Gasteiger partial charge >= 0.3 is 0 Å². The van der Waals surface area contributed by atoms with Crippen molar-refractivity contribution in [3.63, 3.8) is 0 Å². The Labute approximate surface area is 116 Å². The minimum absolute atomic E-state index is 0.803. The number of hydrogen-bond acceptors (Lipinski definition) is 5. The largest absolute Gasteiger partial charge is 0.363 e. The number of nitrogens with zero attached hydrogens (tertiary/aromatic N) is 4. The van der Waals surface area contributed by atoms with Gasteiger partial charge in [-0.05, 0) is 39.3 Å². The monoisotopic (exact) mass is 263 g/mol. The second kappa shape index (κ2) is 6.19. The summed E-state index contributed by atoms with van der Waals surface area (Å²) in [6.45, 7) is 5.27. The molecule has 0 aromatic carbocycles. The maximum Gasteiger partial charge on any atom is 0.134 e. The molecule has 0 bridgehead atoms. The number of piperidine rings is 1. The molecule has 0 unspecified atom stereocenters.